The van der Waals surface area contributed by atoms with Crippen LogP contribution in [0.15, 0.2) is 24.5 Å². The van der Waals surface area contributed by atoms with Gasteiger partial charge in [-0.05, 0) is 55.8 Å². The molecule has 2 N–H and O–H groups in total. The van der Waals surface area contributed by atoms with Crippen molar-refractivity contribution in [3.8, 4) is 0 Å². The molecular weight excluding hydrogens is 246 g/mol. The van der Waals surface area contributed by atoms with Crippen LogP contribution in [-0.4, -0.2) is 28.5 Å². The first-order valence-electron chi connectivity index (χ1n) is 8.22. The van der Waals surface area contributed by atoms with Crippen molar-refractivity contribution >= 4 is 0 Å². The van der Waals surface area contributed by atoms with Crippen LogP contribution in [0.5, 0.6) is 0 Å². The molecule has 1 aromatic heterocycles. The Morgan fingerprint density at radius 2 is 2.00 bits per heavy atom. The minimum absolute atomic E-state index is 0.220. The third kappa shape index (κ3) is 2.61. The first-order chi connectivity index (χ1) is 9.81. The first-order valence-corrected chi connectivity index (χ1v) is 8.22. The van der Waals surface area contributed by atoms with E-state index in [-0.39, 0.29) is 6.04 Å². The average Bonchev–Trinajstić information content (AvgIpc) is 2.92. The molecule has 0 amide bonds. The SMILES string of the molecule is CCC(N)C(c1ccncc1)N1CCC2CCCCC21. The molecule has 2 heterocycles. The summed E-state index contributed by atoms with van der Waals surface area (Å²) in [6, 6.07) is 5.65. The van der Waals surface area contributed by atoms with Crippen molar-refractivity contribution in [2.75, 3.05) is 6.54 Å². The third-order valence-corrected chi connectivity index (χ3v) is 5.33. The lowest BCUT2D eigenvalue weighted by Gasteiger charge is -2.39. The highest BCUT2D eigenvalue weighted by Crippen LogP contribution is 2.41. The average molecular weight is 273 g/mol. The monoisotopic (exact) mass is 273 g/mol. The predicted octanol–water partition coefficient (Wildman–Crippen LogP) is 3.12. The number of pyridine rings is 1. The van der Waals surface area contributed by atoms with E-state index in [1.165, 1.54) is 44.2 Å². The van der Waals surface area contributed by atoms with E-state index < -0.39 is 0 Å². The fraction of sp³-hybridized carbons (Fsp3) is 0.706. The predicted molar refractivity (Wildman–Crippen MR) is 82.3 cm³/mol. The Labute approximate surface area is 122 Å². The van der Waals surface area contributed by atoms with Gasteiger partial charge in [0.05, 0.1) is 6.04 Å². The van der Waals surface area contributed by atoms with Crippen LogP contribution >= 0.6 is 0 Å². The maximum atomic E-state index is 6.49. The van der Waals surface area contributed by atoms with Gasteiger partial charge < -0.3 is 5.73 Å². The summed E-state index contributed by atoms with van der Waals surface area (Å²) in [7, 11) is 0. The Bertz CT molecular complexity index is 420. The Hall–Kier alpha value is -0.930. The van der Waals surface area contributed by atoms with Gasteiger partial charge in [0, 0.05) is 24.5 Å². The lowest BCUT2D eigenvalue weighted by molar-refractivity contribution is 0.114. The van der Waals surface area contributed by atoms with E-state index >= 15 is 0 Å². The van der Waals surface area contributed by atoms with Crippen molar-refractivity contribution < 1.29 is 0 Å². The molecule has 4 atom stereocenters. The van der Waals surface area contributed by atoms with Gasteiger partial charge in [0.1, 0.15) is 0 Å². The number of nitrogens with zero attached hydrogens (tertiary/aromatic N) is 2. The zero-order valence-electron chi connectivity index (χ0n) is 12.5. The topological polar surface area (TPSA) is 42.1 Å². The lowest BCUT2D eigenvalue weighted by atomic mass is 9.84. The van der Waals surface area contributed by atoms with Gasteiger partial charge >= 0.3 is 0 Å². The highest BCUT2D eigenvalue weighted by atomic mass is 15.2. The normalized spacial score (nSPS) is 29.9. The summed E-state index contributed by atoms with van der Waals surface area (Å²) >= 11 is 0. The first kappa shape index (κ1) is 14.0. The fourth-order valence-corrected chi connectivity index (χ4v) is 4.26. The molecule has 0 spiro atoms. The molecule has 110 valence electrons. The van der Waals surface area contributed by atoms with E-state index in [0.29, 0.717) is 6.04 Å². The zero-order valence-corrected chi connectivity index (χ0v) is 12.5. The number of hydrogen-bond donors (Lipinski definition) is 1. The second-order valence-corrected chi connectivity index (χ2v) is 6.44. The molecule has 1 aliphatic carbocycles. The fourth-order valence-electron chi connectivity index (χ4n) is 4.26. The smallest absolute Gasteiger partial charge is 0.0503 e. The third-order valence-electron chi connectivity index (χ3n) is 5.33. The molecule has 1 saturated heterocycles. The second kappa shape index (κ2) is 6.23. The van der Waals surface area contributed by atoms with Crippen LogP contribution in [0.25, 0.3) is 0 Å². The van der Waals surface area contributed by atoms with Crippen LogP contribution in [0.1, 0.15) is 57.1 Å². The van der Waals surface area contributed by atoms with Crippen LogP contribution in [0, 0.1) is 5.92 Å². The number of fused-ring (bicyclic) bond motifs is 1. The van der Waals surface area contributed by atoms with Gasteiger partial charge in [-0.15, -0.1) is 0 Å². The number of likely N-dealkylation sites (tertiary alicyclic amines) is 1. The lowest BCUT2D eigenvalue weighted by Crippen LogP contribution is -2.45. The van der Waals surface area contributed by atoms with E-state index in [0.717, 1.165) is 18.4 Å². The summed E-state index contributed by atoms with van der Waals surface area (Å²) in [4.78, 5) is 6.88. The van der Waals surface area contributed by atoms with Crippen LogP contribution in [-0.2, 0) is 0 Å². The number of aromatic nitrogens is 1. The van der Waals surface area contributed by atoms with Crippen molar-refractivity contribution in [1.82, 2.24) is 9.88 Å². The molecule has 3 heteroatoms. The van der Waals surface area contributed by atoms with Gasteiger partial charge in [0.25, 0.3) is 0 Å². The zero-order chi connectivity index (χ0) is 13.9. The van der Waals surface area contributed by atoms with Crippen molar-refractivity contribution in [1.29, 1.82) is 0 Å². The molecule has 2 aliphatic rings. The molecule has 3 nitrogen and oxygen atoms in total. The van der Waals surface area contributed by atoms with E-state index in [1.54, 1.807) is 0 Å². The molecule has 4 unspecified atom stereocenters. The van der Waals surface area contributed by atoms with E-state index in [4.69, 9.17) is 5.73 Å². The molecule has 0 bridgehead atoms. The van der Waals surface area contributed by atoms with Crippen molar-refractivity contribution in [3.63, 3.8) is 0 Å². The Kier molecular flexibility index (Phi) is 4.37. The standard InChI is InChI=1S/C17H27N3/c1-2-15(18)17(14-7-10-19-11-8-14)20-12-9-13-5-3-4-6-16(13)20/h7-8,10-11,13,15-17H,2-6,9,12,18H2,1H3. The maximum Gasteiger partial charge on any atom is 0.0503 e. The van der Waals surface area contributed by atoms with Gasteiger partial charge in [-0.1, -0.05) is 19.8 Å². The van der Waals surface area contributed by atoms with Gasteiger partial charge in [0.15, 0.2) is 0 Å². The number of hydrogen-bond acceptors (Lipinski definition) is 3. The van der Waals surface area contributed by atoms with Gasteiger partial charge in [-0.2, -0.15) is 0 Å². The molecule has 20 heavy (non-hydrogen) atoms. The minimum Gasteiger partial charge on any atom is -0.326 e. The number of nitrogens with two attached hydrogens (primary N) is 1. The van der Waals surface area contributed by atoms with E-state index in [2.05, 4.69) is 28.9 Å². The molecule has 0 radical (unpaired) electrons. The summed E-state index contributed by atoms with van der Waals surface area (Å²) in [6.07, 6.45) is 11.8. The van der Waals surface area contributed by atoms with Crippen LogP contribution in [0.2, 0.25) is 0 Å². The molecule has 2 fully saturated rings. The number of rotatable bonds is 4. The van der Waals surface area contributed by atoms with Crippen LogP contribution < -0.4 is 5.73 Å². The molecule has 1 saturated carbocycles. The quantitative estimate of drug-likeness (QED) is 0.916. The highest BCUT2D eigenvalue weighted by molar-refractivity contribution is 5.18. The van der Waals surface area contributed by atoms with Gasteiger partial charge in [-0.3, -0.25) is 9.88 Å². The van der Waals surface area contributed by atoms with Crippen molar-refractivity contribution in [2.45, 2.75) is 63.6 Å². The summed E-state index contributed by atoms with van der Waals surface area (Å²) in [6.45, 7) is 3.42. The Morgan fingerprint density at radius 3 is 2.75 bits per heavy atom. The molecule has 0 aromatic carbocycles. The summed E-state index contributed by atoms with van der Waals surface area (Å²) in [5, 5.41) is 0. The maximum absolute atomic E-state index is 6.49. The second-order valence-electron chi connectivity index (χ2n) is 6.44. The largest absolute Gasteiger partial charge is 0.326 e. The van der Waals surface area contributed by atoms with Crippen molar-refractivity contribution in [2.24, 2.45) is 11.7 Å². The van der Waals surface area contributed by atoms with E-state index in [1.807, 2.05) is 12.4 Å². The van der Waals surface area contributed by atoms with Crippen LogP contribution in [0.3, 0.4) is 0 Å². The summed E-state index contributed by atoms with van der Waals surface area (Å²) in [5.41, 5.74) is 7.84. The summed E-state index contributed by atoms with van der Waals surface area (Å²) in [5.74, 6) is 0.914. The minimum atomic E-state index is 0.220. The molecule has 3 rings (SSSR count). The van der Waals surface area contributed by atoms with Gasteiger partial charge in [-0.25, -0.2) is 0 Å². The van der Waals surface area contributed by atoms with E-state index in [9.17, 15) is 0 Å². The Morgan fingerprint density at radius 1 is 1.25 bits per heavy atom. The Balaban J connectivity index is 1.86. The molecular formula is C17H27N3. The highest BCUT2D eigenvalue weighted by Gasteiger charge is 2.40. The summed E-state index contributed by atoms with van der Waals surface area (Å²) < 4.78 is 0. The van der Waals surface area contributed by atoms with Gasteiger partial charge in [0.2, 0.25) is 0 Å². The molecule has 1 aliphatic heterocycles. The molecule has 1 aromatic rings. The van der Waals surface area contributed by atoms with Crippen LogP contribution in [0.4, 0.5) is 0 Å². The van der Waals surface area contributed by atoms with Crippen molar-refractivity contribution in [3.05, 3.63) is 30.1 Å².